The van der Waals surface area contributed by atoms with Gasteiger partial charge in [-0.1, -0.05) is 18.2 Å². The smallest absolute Gasteiger partial charge is 0.128 e. The molecule has 1 saturated heterocycles. The average molecular weight is 249 g/mol. The first-order valence-electron chi connectivity index (χ1n) is 6.04. The van der Waals surface area contributed by atoms with Gasteiger partial charge in [0.15, 0.2) is 0 Å². The van der Waals surface area contributed by atoms with Gasteiger partial charge in [0.25, 0.3) is 0 Å². The van der Waals surface area contributed by atoms with Gasteiger partial charge in [0.2, 0.25) is 0 Å². The topological polar surface area (TPSA) is 19.4 Å². The largest absolute Gasteiger partial charge is 0.354 e. The number of pyridine rings is 1. The zero-order chi connectivity index (χ0) is 11.9. The van der Waals surface area contributed by atoms with E-state index in [1.165, 1.54) is 0 Å². The SMILES string of the molecule is SCC=CCN1CCN(c2ccccn2)CC1. The van der Waals surface area contributed by atoms with E-state index in [0.717, 1.165) is 44.3 Å². The standard InChI is InChI=1S/C13H19N3S/c17-12-4-3-7-15-8-10-16(11-9-15)13-5-1-2-6-14-13/h1-6,17H,7-12H2. The van der Waals surface area contributed by atoms with Crippen LogP contribution in [-0.2, 0) is 0 Å². The summed E-state index contributed by atoms with van der Waals surface area (Å²) in [5, 5.41) is 0. The summed E-state index contributed by atoms with van der Waals surface area (Å²) >= 11 is 4.16. The number of hydrogen-bond donors (Lipinski definition) is 1. The van der Waals surface area contributed by atoms with Crippen molar-refractivity contribution in [1.82, 2.24) is 9.88 Å². The Morgan fingerprint density at radius 1 is 1.18 bits per heavy atom. The molecule has 0 aromatic carbocycles. The maximum atomic E-state index is 4.39. The third-order valence-electron chi connectivity index (χ3n) is 2.98. The van der Waals surface area contributed by atoms with E-state index in [9.17, 15) is 0 Å². The maximum Gasteiger partial charge on any atom is 0.128 e. The van der Waals surface area contributed by atoms with Gasteiger partial charge >= 0.3 is 0 Å². The second-order valence-corrected chi connectivity index (χ2v) is 4.49. The summed E-state index contributed by atoms with van der Waals surface area (Å²) in [5.74, 6) is 1.92. The predicted molar refractivity (Wildman–Crippen MR) is 75.9 cm³/mol. The molecular formula is C13H19N3S. The zero-order valence-electron chi connectivity index (χ0n) is 10.00. The quantitative estimate of drug-likeness (QED) is 0.647. The van der Waals surface area contributed by atoms with Gasteiger partial charge in [-0.2, -0.15) is 12.6 Å². The minimum atomic E-state index is 0.827. The van der Waals surface area contributed by atoms with Gasteiger partial charge < -0.3 is 4.90 Å². The molecule has 4 heteroatoms. The van der Waals surface area contributed by atoms with E-state index in [-0.39, 0.29) is 0 Å². The highest BCUT2D eigenvalue weighted by Gasteiger charge is 2.16. The molecule has 1 aromatic rings. The Morgan fingerprint density at radius 3 is 2.65 bits per heavy atom. The first kappa shape index (κ1) is 12.5. The molecule has 1 aliphatic heterocycles. The second kappa shape index (κ2) is 6.67. The molecule has 2 rings (SSSR count). The van der Waals surface area contributed by atoms with Crippen LogP contribution in [0.25, 0.3) is 0 Å². The van der Waals surface area contributed by atoms with E-state index in [0.29, 0.717) is 0 Å². The summed E-state index contributed by atoms with van der Waals surface area (Å²) in [6.07, 6.45) is 6.16. The van der Waals surface area contributed by atoms with E-state index in [4.69, 9.17) is 0 Å². The molecule has 17 heavy (non-hydrogen) atoms. The van der Waals surface area contributed by atoms with E-state index in [2.05, 4.69) is 45.6 Å². The molecule has 1 aliphatic rings. The van der Waals surface area contributed by atoms with Gasteiger partial charge in [-0.15, -0.1) is 0 Å². The molecule has 1 fully saturated rings. The Labute approximate surface area is 109 Å². The minimum Gasteiger partial charge on any atom is -0.354 e. The summed E-state index contributed by atoms with van der Waals surface area (Å²) in [6.45, 7) is 5.37. The van der Waals surface area contributed by atoms with Crippen LogP contribution in [-0.4, -0.2) is 48.4 Å². The fourth-order valence-electron chi connectivity index (χ4n) is 2.00. The summed E-state index contributed by atoms with van der Waals surface area (Å²) in [5.41, 5.74) is 0. The van der Waals surface area contributed by atoms with E-state index >= 15 is 0 Å². The van der Waals surface area contributed by atoms with E-state index in [1.54, 1.807) is 0 Å². The minimum absolute atomic E-state index is 0.827. The molecule has 0 saturated carbocycles. The molecular weight excluding hydrogens is 230 g/mol. The van der Waals surface area contributed by atoms with Crippen molar-refractivity contribution >= 4 is 18.4 Å². The van der Waals surface area contributed by atoms with Crippen molar-refractivity contribution in [2.75, 3.05) is 43.4 Å². The number of rotatable bonds is 4. The van der Waals surface area contributed by atoms with Crippen molar-refractivity contribution in [2.24, 2.45) is 0 Å². The van der Waals surface area contributed by atoms with Crippen LogP contribution in [0.2, 0.25) is 0 Å². The molecule has 0 amide bonds. The lowest BCUT2D eigenvalue weighted by Crippen LogP contribution is -2.46. The van der Waals surface area contributed by atoms with Crippen LogP contribution in [0.5, 0.6) is 0 Å². The lowest BCUT2D eigenvalue weighted by molar-refractivity contribution is 0.283. The second-order valence-electron chi connectivity index (χ2n) is 4.13. The summed E-state index contributed by atoms with van der Waals surface area (Å²) in [4.78, 5) is 9.19. The van der Waals surface area contributed by atoms with Gasteiger partial charge in [0.05, 0.1) is 0 Å². The number of hydrogen-bond acceptors (Lipinski definition) is 4. The lowest BCUT2D eigenvalue weighted by atomic mass is 10.3. The molecule has 0 aliphatic carbocycles. The maximum absolute atomic E-state index is 4.39. The van der Waals surface area contributed by atoms with Crippen molar-refractivity contribution < 1.29 is 0 Å². The highest BCUT2D eigenvalue weighted by Crippen LogP contribution is 2.12. The third-order valence-corrected chi connectivity index (χ3v) is 3.19. The first-order valence-corrected chi connectivity index (χ1v) is 6.67. The number of piperazine rings is 1. The van der Waals surface area contributed by atoms with Crippen LogP contribution in [0.15, 0.2) is 36.5 Å². The van der Waals surface area contributed by atoms with Gasteiger partial charge in [-0.25, -0.2) is 4.98 Å². The van der Waals surface area contributed by atoms with E-state index in [1.807, 2.05) is 18.3 Å². The van der Waals surface area contributed by atoms with Crippen LogP contribution in [0.4, 0.5) is 5.82 Å². The van der Waals surface area contributed by atoms with Crippen molar-refractivity contribution in [3.63, 3.8) is 0 Å². The molecule has 0 N–H and O–H groups in total. The normalized spacial score (nSPS) is 17.8. The van der Waals surface area contributed by atoms with Gasteiger partial charge in [0, 0.05) is 44.7 Å². The molecule has 0 atom stereocenters. The fourth-order valence-corrected chi connectivity index (χ4v) is 2.15. The fraction of sp³-hybridized carbons (Fsp3) is 0.462. The Bertz CT molecular complexity index is 345. The molecule has 2 heterocycles. The average Bonchev–Trinajstić information content (AvgIpc) is 2.41. The van der Waals surface area contributed by atoms with Gasteiger partial charge in [-0.05, 0) is 12.1 Å². The van der Waals surface area contributed by atoms with Crippen molar-refractivity contribution in [2.45, 2.75) is 0 Å². The lowest BCUT2D eigenvalue weighted by Gasteiger charge is -2.34. The Hall–Kier alpha value is -1.00. The predicted octanol–water partition coefficient (Wildman–Crippen LogP) is 1.69. The Morgan fingerprint density at radius 2 is 2.00 bits per heavy atom. The van der Waals surface area contributed by atoms with Crippen molar-refractivity contribution in [3.8, 4) is 0 Å². The first-order chi connectivity index (χ1) is 8.40. The van der Waals surface area contributed by atoms with Crippen LogP contribution >= 0.6 is 12.6 Å². The molecule has 0 radical (unpaired) electrons. The molecule has 0 bridgehead atoms. The van der Waals surface area contributed by atoms with Crippen LogP contribution < -0.4 is 4.90 Å². The third kappa shape index (κ3) is 3.75. The van der Waals surface area contributed by atoms with Gasteiger partial charge in [0.1, 0.15) is 5.82 Å². The highest BCUT2D eigenvalue weighted by atomic mass is 32.1. The molecule has 92 valence electrons. The summed E-state index contributed by atoms with van der Waals surface area (Å²) < 4.78 is 0. The number of aromatic nitrogens is 1. The van der Waals surface area contributed by atoms with Crippen LogP contribution in [0.3, 0.4) is 0 Å². The summed E-state index contributed by atoms with van der Waals surface area (Å²) in [6, 6.07) is 6.09. The number of nitrogens with zero attached hydrogens (tertiary/aromatic N) is 3. The van der Waals surface area contributed by atoms with Gasteiger partial charge in [-0.3, -0.25) is 4.90 Å². The molecule has 1 aromatic heterocycles. The van der Waals surface area contributed by atoms with E-state index < -0.39 is 0 Å². The highest BCUT2D eigenvalue weighted by molar-refractivity contribution is 7.80. The molecule has 0 spiro atoms. The zero-order valence-corrected chi connectivity index (χ0v) is 10.9. The summed E-state index contributed by atoms with van der Waals surface area (Å²) in [7, 11) is 0. The van der Waals surface area contributed by atoms with Crippen LogP contribution in [0, 0.1) is 0 Å². The van der Waals surface area contributed by atoms with Crippen molar-refractivity contribution in [1.29, 1.82) is 0 Å². The Kier molecular flexibility index (Phi) is 4.88. The number of anilines is 1. The monoisotopic (exact) mass is 249 g/mol. The van der Waals surface area contributed by atoms with Crippen LogP contribution in [0.1, 0.15) is 0 Å². The molecule has 0 unspecified atom stereocenters. The molecule has 3 nitrogen and oxygen atoms in total. The number of thiol groups is 1. The van der Waals surface area contributed by atoms with Crippen molar-refractivity contribution in [3.05, 3.63) is 36.5 Å². The Balaban J connectivity index is 1.80.